The highest BCUT2D eigenvalue weighted by Gasteiger charge is 2.14. The van der Waals surface area contributed by atoms with E-state index in [0.29, 0.717) is 34.3 Å². The van der Waals surface area contributed by atoms with Gasteiger partial charge >= 0.3 is 0 Å². The Balaban J connectivity index is 1.50. The molecule has 3 aromatic heterocycles. The summed E-state index contributed by atoms with van der Waals surface area (Å²) >= 11 is 0. The lowest BCUT2D eigenvalue weighted by atomic mass is 10.2. The summed E-state index contributed by atoms with van der Waals surface area (Å²) < 4.78 is 1.90. The first kappa shape index (κ1) is 20.0. The smallest absolute Gasteiger partial charge is 0.273 e. The highest BCUT2D eigenvalue weighted by atomic mass is 16.2. The number of aromatic amines is 1. The van der Waals surface area contributed by atoms with Crippen LogP contribution >= 0.6 is 0 Å². The van der Waals surface area contributed by atoms with Crippen molar-refractivity contribution in [3.8, 4) is 11.5 Å². The van der Waals surface area contributed by atoms with E-state index in [1.54, 1.807) is 42.7 Å². The maximum absolute atomic E-state index is 12.7. The Morgan fingerprint density at radius 3 is 2.68 bits per heavy atom. The highest BCUT2D eigenvalue weighted by Crippen LogP contribution is 2.20. The summed E-state index contributed by atoms with van der Waals surface area (Å²) in [5.41, 5.74) is 1.79. The largest absolute Gasteiger partial charge is 0.341 e. The number of carbonyl (C=O) groups excluding carboxylic acids is 2. The molecule has 0 radical (unpaired) electrons. The summed E-state index contributed by atoms with van der Waals surface area (Å²) in [6.45, 7) is 4.05. The van der Waals surface area contributed by atoms with Crippen LogP contribution in [-0.4, -0.2) is 41.5 Å². The van der Waals surface area contributed by atoms with Crippen molar-refractivity contribution in [2.45, 2.75) is 19.9 Å². The molecule has 10 nitrogen and oxygen atoms in total. The molecule has 31 heavy (non-hydrogen) atoms. The lowest BCUT2D eigenvalue weighted by molar-refractivity contribution is 0.101. The van der Waals surface area contributed by atoms with Crippen molar-refractivity contribution >= 4 is 23.3 Å². The van der Waals surface area contributed by atoms with Crippen LogP contribution in [0.5, 0.6) is 0 Å². The lowest BCUT2D eigenvalue weighted by Crippen LogP contribution is -2.15. The summed E-state index contributed by atoms with van der Waals surface area (Å²) in [5, 5.41) is 13.6. The Bertz CT molecular complexity index is 1210. The Hall–Kier alpha value is -4.34. The highest BCUT2D eigenvalue weighted by molar-refractivity contribution is 6.06. The monoisotopic (exact) mass is 416 g/mol. The molecule has 0 atom stereocenters. The first-order valence-electron chi connectivity index (χ1n) is 9.59. The minimum Gasteiger partial charge on any atom is -0.341 e. The van der Waals surface area contributed by atoms with Gasteiger partial charge in [0.25, 0.3) is 11.8 Å². The number of nitrogens with one attached hydrogen (secondary N) is 3. The van der Waals surface area contributed by atoms with Crippen LogP contribution in [0.1, 0.15) is 40.7 Å². The molecular formula is C21H20N8O2. The molecule has 3 heterocycles. The first-order valence-corrected chi connectivity index (χ1v) is 9.59. The quantitative estimate of drug-likeness (QED) is 0.443. The standard InChI is InChI=1S/C21H20N8O2/c1-13(2)29-12-24-28-19(29)16-7-4-8-18(26-16)27-20(30)14-5-3-6-15(9-14)25-21(31)17-10-22-11-23-17/h3-13H,1-2H3,(H,22,23)(H,25,31)(H,26,27,30). The Morgan fingerprint density at radius 2 is 1.90 bits per heavy atom. The maximum Gasteiger partial charge on any atom is 0.273 e. The molecule has 2 amide bonds. The number of carbonyl (C=O) groups is 2. The second-order valence-corrected chi connectivity index (χ2v) is 7.02. The lowest BCUT2D eigenvalue weighted by Gasteiger charge is -2.11. The molecule has 3 N–H and O–H groups in total. The van der Waals surface area contributed by atoms with E-state index in [0.717, 1.165) is 0 Å². The van der Waals surface area contributed by atoms with E-state index in [1.165, 1.54) is 12.5 Å². The average molecular weight is 416 g/mol. The first-order chi connectivity index (χ1) is 15.0. The van der Waals surface area contributed by atoms with Gasteiger partial charge in [0.15, 0.2) is 5.82 Å². The van der Waals surface area contributed by atoms with Gasteiger partial charge in [-0.15, -0.1) is 10.2 Å². The van der Waals surface area contributed by atoms with Gasteiger partial charge in [-0.2, -0.15) is 0 Å². The summed E-state index contributed by atoms with van der Waals surface area (Å²) in [4.78, 5) is 36.0. The van der Waals surface area contributed by atoms with Gasteiger partial charge in [-0.05, 0) is 44.2 Å². The van der Waals surface area contributed by atoms with Crippen LogP contribution in [0.25, 0.3) is 11.5 Å². The number of anilines is 2. The molecular weight excluding hydrogens is 396 g/mol. The van der Waals surface area contributed by atoms with Crippen molar-refractivity contribution in [2.24, 2.45) is 0 Å². The van der Waals surface area contributed by atoms with Gasteiger partial charge in [0.1, 0.15) is 23.5 Å². The summed E-state index contributed by atoms with van der Waals surface area (Å²) in [6.07, 6.45) is 4.49. The van der Waals surface area contributed by atoms with Crippen LogP contribution in [-0.2, 0) is 0 Å². The second-order valence-electron chi connectivity index (χ2n) is 7.02. The van der Waals surface area contributed by atoms with Crippen LogP contribution in [0, 0.1) is 0 Å². The van der Waals surface area contributed by atoms with E-state index < -0.39 is 0 Å². The zero-order chi connectivity index (χ0) is 21.8. The fourth-order valence-electron chi connectivity index (χ4n) is 2.94. The van der Waals surface area contributed by atoms with Gasteiger partial charge in [0, 0.05) is 17.3 Å². The predicted octanol–water partition coefficient (Wildman–Crippen LogP) is 3.15. The van der Waals surface area contributed by atoms with Crippen molar-refractivity contribution in [3.63, 3.8) is 0 Å². The van der Waals surface area contributed by atoms with Crippen molar-refractivity contribution in [1.29, 1.82) is 0 Å². The molecule has 0 aliphatic carbocycles. The van der Waals surface area contributed by atoms with Gasteiger partial charge in [-0.3, -0.25) is 9.59 Å². The molecule has 156 valence electrons. The molecule has 1 aromatic carbocycles. The van der Waals surface area contributed by atoms with Gasteiger partial charge in [-0.1, -0.05) is 12.1 Å². The maximum atomic E-state index is 12.7. The Kier molecular flexibility index (Phi) is 5.52. The van der Waals surface area contributed by atoms with Gasteiger partial charge in [0.05, 0.1) is 12.5 Å². The van der Waals surface area contributed by atoms with E-state index in [2.05, 4.69) is 35.8 Å². The van der Waals surface area contributed by atoms with E-state index >= 15 is 0 Å². The summed E-state index contributed by atoms with van der Waals surface area (Å²) in [6, 6.07) is 12.1. The molecule has 0 unspecified atom stereocenters. The number of aromatic nitrogens is 6. The number of nitrogens with zero attached hydrogens (tertiary/aromatic N) is 5. The molecule has 0 aliphatic rings. The summed E-state index contributed by atoms with van der Waals surface area (Å²) in [5.74, 6) is 0.300. The molecule has 4 rings (SSSR count). The predicted molar refractivity (Wildman–Crippen MR) is 115 cm³/mol. The minimum absolute atomic E-state index is 0.171. The third-order valence-electron chi connectivity index (χ3n) is 4.47. The van der Waals surface area contributed by atoms with Crippen molar-refractivity contribution in [2.75, 3.05) is 10.6 Å². The van der Waals surface area contributed by atoms with Crippen LogP contribution < -0.4 is 10.6 Å². The molecule has 0 spiro atoms. The topological polar surface area (TPSA) is 130 Å². The second kappa shape index (κ2) is 8.57. The molecule has 4 aromatic rings. The molecule has 0 bridgehead atoms. The number of rotatable bonds is 6. The minimum atomic E-state index is -0.354. The molecule has 10 heteroatoms. The van der Waals surface area contributed by atoms with E-state index in [-0.39, 0.29) is 17.9 Å². The number of hydrogen-bond acceptors (Lipinski definition) is 6. The Morgan fingerprint density at radius 1 is 1.06 bits per heavy atom. The third kappa shape index (κ3) is 4.47. The van der Waals surface area contributed by atoms with Gasteiger partial charge in [0.2, 0.25) is 0 Å². The van der Waals surface area contributed by atoms with E-state index in [9.17, 15) is 9.59 Å². The van der Waals surface area contributed by atoms with Gasteiger partial charge in [-0.25, -0.2) is 9.97 Å². The number of imidazole rings is 1. The molecule has 0 saturated carbocycles. The van der Waals surface area contributed by atoms with E-state index in [4.69, 9.17) is 0 Å². The fraction of sp³-hybridized carbons (Fsp3) is 0.143. The zero-order valence-corrected chi connectivity index (χ0v) is 16.9. The third-order valence-corrected chi connectivity index (χ3v) is 4.47. The number of amides is 2. The Labute approximate surface area is 177 Å². The van der Waals surface area contributed by atoms with Crippen molar-refractivity contribution < 1.29 is 9.59 Å². The van der Waals surface area contributed by atoms with Crippen LogP contribution in [0.4, 0.5) is 11.5 Å². The van der Waals surface area contributed by atoms with E-state index in [1.807, 2.05) is 24.5 Å². The van der Waals surface area contributed by atoms with Crippen LogP contribution in [0.15, 0.2) is 61.3 Å². The SMILES string of the molecule is CC(C)n1cnnc1-c1cccc(NC(=O)c2cccc(NC(=O)c3cnc[nH]3)c2)n1. The molecule has 0 fully saturated rings. The average Bonchev–Trinajstić information content (AvgIpc) is 3.46. The number of pyridine rings is 1. The summed E-state index contributed by atoms with van der Waals surface area (Å²) in [7, 11) is 0. The van der Waals surface area contributed by atoms with Crippen molar-refractivity contribution in [3.05, 3.63) is 72.6 Å². The number of hydrogen-bond donors (Lipinski definition) is 3. The molecule has 0 aliphatic heterocycles. The van der Waals surface area contributed by atoms with Crippen LogP contribution in [0.3, 0.4) is 0 Å². The number of benzene rings is 1. The molecule has 0 saturated heterocycles. The fourth-order valence-corrected chi connectivity index (χ4v) is 2.94. The number of H-pyrrole nitrogens is 1. The van der Waals surface area contributed by atoms with Crippen molar-refractivity contribution in [1.82, 2.24) is 29.7 Å². The van der Waals surface area contributed by atoms with Gasteiger partial charge < -0.3 is 20.2 Å². The van der Waals surface area contributed by atoms with Crippen LogP contribution in [0.2, 0.25) is 0 Å². The normalized spacial score (nSPS) is 10.8. The zero-order valence-electron chi connectivity index (χ0n) is 16.9.